The molecular weight excluding hydrogens is 258 g/mol. The number of likely N-dealkylation sites (tertiary alicyclic amines) is 1. The Balaban J connectivity index is 1.84. The number of carbonyl (C=O) groups excluding carboxylic acids is 2. The highest BCUT2D eigenvalue weighted by Gasteiger charge is 2.37. The zero-order chi connectivity index (χ0) is 14.5. The SMILES string of the molecule is CCOC(=O)C1CCN(C(=O)C2CCOC2CC)CC1. The molecule has 0 aromatic heterocycles. The van der Waals surface area contributed by atoms with Gasteiger partial charge in [-0.1, -0.05) is 6.92 Å². The van der Waals surface area contributed by atoms with Crippen LogP contribution < -0.4 is 0 Å². The summed E-state index contributed by atoms with van der Waals surface area (Å²) in [5.41, 5.74) is 0. The molecule has 0 spiro atoms. The molecule has 2 saturated heterocycles. The van der Waals surface area contributed by atoms with Gasteiger partial charge in [0.15, 0.2) is 0 Å². The lowest BCUT2D eigenvalue weighted by molar-refractivity contribution is -0.152. The van der Waals surface area contributed by atoms with Crippen LogP contribution in [-0.2, 0) is 19.1 Å². The van der Waals surface area contributed by atoms with Crippen LogP contribution in [0.2, 0.25) is 0 Å². The van der Waals surface area contributed by atoms with Gasteiger partial charge in [0.1, 0.15) is 0 Å². The molecule has 1 amide bonds. The van der Waals surface area contributed by atoms with Gasteiger partial charge in [0.05, 0.1) is 24.5 Å². The number of esters is 1. The summed E-state index contributed by atoms with van der Waals surface area (Å²) in [6.45, 7) is 6.32. The van der Waals surface area contributed by atoms with Gasteiger partial charge in [0.2, 0.25) is 5.91 Å². The maximum atomic E-state index is 12.5. The molecule has 0 saturated carbocycles. The molecule has 2 rings (SSSR count). The van der Waals surface area contributed by atoms with Crippen LogP contribution in [0.15, 0.2) is 0 Å². The summed E-state index contributed by atoms with van der Waals surface area (Å²) >= 11 is 0. The summed E-state index contributed by atoms with van der Waals surface area (Å²) in [4.78, 5) is 26.1. The predicted octanol–water partition coefficient (Wildman–Crippen LogP) is 1.60. The van der Waals surface area contributed by atoms with Crippen molar-refractivity contribution in [2.24, 2.45) is 11.8 Å². The van der Waals surface area contributed by atoms with E-state index in [1.165, 1.54) is 0 Å². The standard InChI is InChI=1S/C15H25NO4/c1-3-13-12(7-10-20-13)14(17)16-8-5-11(6-9-16)15(18)19-4-2/h11-13H,3-10H2,1-2H3. The summed E-state index contributed by atoms with van der Waals surface area (Å²) < 4.78 is 10.6. The van der Waals surface area contributed by atoms with E-state index in [9.17, 15) is 9.59 Å². The largest absolute Gasteiger partial charge is 0.466 e. The van der Waals surface area contributed by atoms with E-state index < -0.39 is 0 Å². The molecule has 0 aromatic rings. The van der Waals surface area contributed by atoms with Crippen LogP contribution in [0.3, 0.4) is 0 Å². The molecular formula is C15H25NO4. The summed E-state index contributed by atoms with van der Waals surface area (Å²) in [7, 11) is 0. The van der Waals surface area contributed by atoms with Crippen LogP contribution in [0.1, 0.15) is 39.5 Å². The van der Waals surface area contributed by atoms with Crippen molar-refractivity contribution in [2.75, 3.05) is 26.3 Å². The number of amides is 1. The van der Waals surface area contributed by atoms with Crippen LogP contribution in [0.5, 0.6) is 0 Å². The average Bonchev–Trinajstić information content (AvgIpc) is 2.95. The van der Waals surface area contributed by atoms with E-state index in [4.69, 9.17) is 9.47 Å². The lowest BCUT2D eigenvalue weighted by Crippen LogP contribution is -2.45. The molecule has 2 atom stereocenters. The molecule has 2 heterocycles. The second-order valence-electron chi connectivity index (χ2n) is 5.56. The summed E-state index contributed by atoms with van der Waals surface area (Å²) in [6, 6.07) is 0. The number of nitrogens with zero attached hydrogens (tertiary/aromatic N) is 1. The van der Waals surface area contributed by atoms with Crippen LogP contribution in [0.25, 0.3) is 0 Å². The van der Waals surface area contributed by atoms with Gasteiger partial charge in [-0.15, -0.1) is 0 Å². The minimum Gasteiger partial charge on any atom is -0.466 e. The topological polar surface area (TPSA) is 55.8 Å². The molecule has 0 N–H and O–H groups in total. The predicted molar refractivity (Wildman–Crippen MR) is 74.1 cm³/mol. The highest BCUT2D eigenvalue weighted by Crippen LogP contribution is 2.27. The van der Waals surface area contributed by atoms with Crippen molar-refractivity contribution in [1.29, 1.82) is 0 Å². The molecule has 2 fully saturated rings. The van der Waals surface area contributed by atoms with Gasteiger partial charge in [0.25, 0.3) is 0 Å². The van der Waals surface area contributed by atoms with E-state index in [-0.39, 0.29) is 29.8 Å². The fourth-order valence-electron chi connectivity index (χ4n) is 3.16. The Hall–Kier alpha value is -1.10. The third-order valence-corrected chi connectivity index (χ3v) is 4.36. The maximum Gasteiger partial charge on any atom is 0.309 e. The molecule has 0 radical (unpaired) electrons. The Bertz CT molecular complexity index is 350. The van der Waals surface area contributed by atoms with Crippen molar-refractivity contribution < 1.29 is 19.1 Å². The number of piperidine rings is 1. The Morgan fingerprint density at radius 1 is 1.20 bits per heavy atom. The quantitative estimate of drug-likeness (QED) is 0.735. The second-order valence-corrected chi connectivity index (χ2v) is 5.56. The Labute approximate surface area is 120 Å². The molecule has 2 unspecified atom stereocenters. The normalized spacial score (nSPS) is 27.6. The molecule has 2 aliphatic heterocycles. The van der Waals surface area contributed by atoms with E-state index in [0.29, 0.717) is 26.3 Å². The Kier molecular flexibility index (Phi) is 5.40. The summed E-state index contributed by atoms with van der Waals surface area (Å²) in [6.07, 6.45) is 3.22. The minimum absolute atomic E-state index is 0.0131. The second kappa shape index (κ2) is 7.07. The fourth-order valence-corrected chi connectivity index (χ4v) is 3.16. The van der Waals surface area contributed by atoms with E-state index in [2.05, 4.69) is 6.92 Å². The average molecular weight is 283 g/mol. The number of carbonyl (C=O) groups is 2. The van der Waals surface area contributed by atoms with E-state index in [0.717, 1.165) is 25.7 Å². The zero-order valence-corrected chi connectivity index (χ0v) is 12.5. The van der Waals surface area contributed by atoms with Crippen molar-refractivity contribution in [3.63, 3.8) is 0 Å². The zero-order valence-electron chi connectivity index (χ0n) is 12.5. The van der Waals surface area contributed by atoms with Crippen LogP contribution in [0, 0.1) is 11.8 Å². The van der Waals surface area contributed by atoms with Gasteiger partial charge in [-0.05, 0) is 32.6 Å². The highest BCUT2D eigenvalue weighted by atomic mass is 16.5. The first-order valence-electron chi connectivity index (χ1n) is 7.74. The highest BCUT2D eigenvalue weighted by molar-refractivity contribution is 5.80. The molecule has 2 aliphatic rings. The first kappa shape index (κ1) is 15.3. The van der Waals surface area contributed by atoms with Crippen LogP contribution >= 0.6 is 0 Å². The molecule has 114 valence electrons. The van der Waals surface area contributed by atoms with Crippen molar-refractivity contribution >= 4 is 11.9 Å². The Morgan fingerprint density at radius 2 is 1.90 bits per heavy atom. The molecule has 0 bridgehead atoms. The van der Waals surface area contributed by atoms with Crippen molar-refractivity contribution in [2.45, 2.75) is 45.6 Å². The van der Waals surface area contributed by atoms with Gasteiger partial charge in [0, 0.05) is 19.7 Å². The van der Waals surface area contributed by atoms with E-state index in [1.807, 2.05) is 11.8 Å². The first-order chi connectivity index (χ1) is 9.67. The van der Waals surface area contributed by atoms with Gasteiger partial charge in [-0.3, -0.25) is 9.59 Å². The number of rotatable bonds is 4. The van der Waals surface area contributed by atoms with Crippen molar-refractivity contribution in [3.05, 3.63) is 0 Å². The Morgan fingerprint density at radius 3 is 2.50 bits per heavy atom. The van der Waals surface area contributed by atoms with Crippen molar-refractivity contribution in [1.82, 2.24) is 4.90 Å². The lowest BCUT2D eigenvalue weighted by atomic mass is 9.93. The third-order valence-electron chi connectivity index (χ3n) is 4.36. The number of ether oxygens (including phenoxy) is 2. The van der Waals surface area contributed by atoms with Crippen LogP contribution in [0.4, 0.5) is 0 Å². The molecule has 20 heavy (non-hydrogen) atoms. The van der Waals surface area contributed by atoms with Gasteiger partial charge >= 0.3 is 5.97 Å². The van der Waals surface area contributed by atoms with E-state index >= 15 is 0 Å². The number of hydrogen-bond acceptors (Lipinski definition) is 4. The smallest absolute Gasteiger partial charge is 0.309 e. The molecule has 5 heteroatoms. The number of hydrogen-bond donors (Lipinski definition) is 0. The third kappa shape index (κ3) is 3.32. The lowest BCUT2D eigenvalue weighted by Gasteiger charge is -2.33. The molecule has 5 nitrogen and oxygen atoms in total. The fraction of sp³-hybridized carbons (Fsp3) is 0.867. The van der Waals surface area contributed by atoms with Gasteiger partial charge in [-0.25, -0.2) is 0 Å². The first-order valence-corrected chi connectivity index (χ1v) is 7.74. The summed E-state index contributed by atoms with van der Waals surface area (Å²) in [5, 5.41) is 0. The summed E-state index contributed by atoms with van der Waals surface area (Å²) in [5.74, 6) is 0.0619. The monoisotopic (exact) mass is 283 g/mol. The molecule has 0 aromatic carbocycles. The van der Waals surface area contributed by atoms with Crippen LogP contribution in [-0.4, -0.2) is 49.2 Å². The maximum absolute atomic E-state index is 12.5. The van der Waals surface area contributed by atoms with Gasteiger partial charge < -0.3 is 14.4 Å². The van der Waals surface area contributed by atoms with E-state index in [1.54, 1.807) is 0 Å². The van der Waals surface area contributed by atoms with Crippen molar-refractivity contribution in [3.8, 4) is 0 Å². The van der Waals surface area contributed by atoms with Gasteiger partial charge in [-0.2, -0.15) is 0 Å². The molecule has 0 aliphatic carbocycles. The minimum atomic E-state index is -0.116.